The summed E-state index contributed by atoms with van der Waals surface area (Å²) in [6.45, 7) is 1.83. The van der Waals surface area contributed by atoms with E-state index in [2.05, 4.69) is 10.3 Å². The van der Waals surface area contributed by atoms with Gasteiger partial charge in [-0.2, -0.15) is 0 Å². The van der Waals surface area contributed by atoms with E-state index in [0.29, 0.717) is 5.02 Å². The Bertz CT molecular complexity index is 935. The van der Waals surface area contributed by atoms with E-state index in [1.165, 1.54) is 0 Å². The molecule has 0 spiro atoms. The number of esters is 1. The quantitative estimate of drug-likeness (QED) is 0.651. The van der Waals surface area contributed by atoms with Crippen molar-refractivity contribution >= 4 is 34.4 Å². The van der Waals surface area contributed by atoms with Crippen molar-refractivity contribution in [2.24, 2.45) is 0 Å². The molecule has 1 atom stereocenters. The molecule has 3 rings (SSSR count). The van der Waals surface area contributed by atoms with Crippen molar-refractivity contribution in [1.82, 2.24) is 10.3 Å². The second-order valence-corrected chi connectivity index (χ2v) is 6.38. The summed E-state index contributed by atoms with van der Waals surface area (Å²) in [4.78, 5) is 27.4. The second kappa shape index (κ2) is 8.06. The Kier molecular flexibility index (Phi) is 5.58. The first-order valence-corrected chi connectivity index (χ1v) is 8.68. The number of nitrogens with one attached hydrogen (secondary N) is 2. The molecule has 0 bridgehead atoms. The van der Waals surface area contributed by atoms with Gasteiger partial charge in [0.2, 0.25) is 0 Å². The lowest BCUT2D eigenvalue weighted by molar-refractivity contribution is -0.154. The number of para-hydroxylation sites is 1. The number of carbonyl (C=O) groups is 2. The fraction of sp³-hybridized carbons (Fsp3) is 0.200. The Morgan fingerprint density at radius 1 is 1.12 bits per heavy atom. The highest BCUT2D eigenvalue weighted by Gasteiger charge is 2.19. The fourth-order valence-electron chi connectivity index (χ4n) is 2.69. The first kappa shape index (κ1) is 18.0. The molecule has 134 valence electrons. The van der Waals surface area contributed by atoms with Crippen molar-refractivity contribution in [3.05, 3.63) is 70.9 Å². The number of fused-ring (bicyclic) bond motifs is 1. The lowest BCUT2D eigenvalue weighted by Gasteiger charge is -2.14. The van der Waals surface area contributed by atoms with Gasteiger partial charge < -0.3 is 15.0 Å². The van der Waals surface area contributed by atoms with Gasteiger partial charge in [-0.05, 0) is 30.2 Å². The van der Waals surface area contributed by atoms with E-state index in [1.807, 2.05) is 42.5 Å². The summed E-state index contributed by atoms with van der Waals surface area (Å²) in [5.74, 6) is -0.813. The minimum atomic E-state index is -0.879. The number of aromatic amines is 1. The van der Waals surface area contributed by atoms with Crippen molar-refractivity contribution in [3.63, 3.8) is 0 Å². The maximum Gasteiger partial charge on any atom is 0.311 e. The van der Waals surface area contributed by atoms with Gasteiger partial charge in [-0.15, -0.1) is 0 Å². The van der Waals surface area contributed by atoms with Crippen molar-refractivity contribution in [2.45, 2.75) is 26.0 Å². The van der Waals surface area contributed by atoms with Crippen LogP contribution in [0.1, 0.15) is 18.1 Å². The van der Waals surface area contributed by atoms with Crippen molar-refractivity contribution in [3.8, 4) is 0 Å². The minimum Gasteiger partial charge on any atom is -0.452 e. The molecule has 0 aliphatic carbocycles. The molecule has 1 unspecified atom stereocenters. The average molecular weight is 371 g/mol. The van der Waals surface area contributed by atoms with E-state index in [0.717, 1.165) is 22.0 Å². The summed E-state index contributed by atoms with van der Waals surface area (Å²) in [5.41, 5.74) is 2.61. The third kappa shape index (κ3) is 4.24. The van der Waals surface area contributed by atoms with Crippen LogP contribution in [0.25, 0.3) is 10.9 Å². The number of carbonyl (C=O) groups excluding carboxylic acids is 2. The van der Waals surface area contributed by atoms with Gasteiger partial charge in [0.15, 0.2) is 6.10 Å². The maximum atomic E-state index is 12.2. The van der Waals surface area contributed by atoms with Gasteiger partial charge in [-0.25, -0.2) is 0 Å². The molecule has 0 radical (unpaired) electrons. The molecule has 2 N–H and O–H groups in total. The number of aromatic nitrogens is 1. The number of halogens is 1. The highest BCUT2D eigenvalue weighted by molar-refractivity contribution is 6.31. The molecule has 1 amide bonds. The Morgan fingerprint density at radius 2 is 1.85 bits per heavy atom. The van der Waals surface area contributed by atoms with Gasteiger partial charge in [0.1, 0.15) is 0 Å². The van der Waals surface area contributed by atoms with Gasteiger partial charge in [0.05, 0.1) is 6.42 Å². The zero-order chi connectivity index (χ0) is 18.5. The molecule has 5 nitrogen and oxygen atoms in total. The van der Waals surface area contributed by atoms with Crippen LogP contribution < -0.4 is 5.32 Å². The van der Waals surface area contributed by atoms with Crippen LogP contribution in [0.2, 0.25) is 5.02 Å². The van der Waals surface area contributed by atoms with Crippen molar-refractivity contribution < 1.29 is 14.3 Å². The standard InChI is InChI=1S/C20H19ClN2O3/c1-13(20(25)23-11-14-6-2-4-8-17(14)21)26-19(24)10-15-12-22-18-9-5-3-7-16(15)18/h2-9,12-13,22H,10-11H2,1H3,(H,23,25). The zero-order valence-electron chi connectivity index (χ0n) is 14.3. The normalized spacial score (nSPS) is 11.9. The lowest BCUT2D eigenvalue weighted by atomic mass is 10.1. The highest BCUT2D eigenvalue weighted by atomic mass is 35.5. The van der Waals surface area contributed by atoms with Gasteiger partial charge in [-0.3, -0.25) is 9.59 Å². The van der Waals surface area contributed by atoms with Gasteiger partial charge in [0.25, 0.3) is 5.91 Å². The maximum absolute atomic E-state index is 12.2. The van der Waals surface area contributed by atoms with E-state index >= 15 is 0 Å². The smallest absolute Gasteiger partial charge is 0.311 e. The predicted octanol–water partition coefficient (Wildman–Crippen LogP) is 3.61. The largest absolute Gasteiger partial charge is 0.452 e. The zero-order valence-corrected chi connectivity index (χ0v) is 15.0. The summed E-state index contributed by atoms with van der Waals surface area (Å²) < 4.78 is 5.26. The molecule has 3 aromatic rings. The molecular weight excluding hydrogens is 352 g/mol. The van der Waals surface area contributed by atoms with Gasteiger partial charge in [0, 0.05) is 28.7 Å². The minimum absolute atomic E-state index is 0.103. The van der Waals surface area contributed by atoms with Crippen molar-refractivity contribution in [1.29, 1.82) is 0 Å². The van der Waals surface area contributed by atoms with Crippen molar-refractivity contribution in [2.75, 3.05) is 0 Å². The molecule has 6 heteroatoms. The Labute approximate surface area is 156 Å². The number of rotatable bonds is 6. The van der Waals surface area contributed by atoms with Gasteiger partial charge >= 0.3 is 5.97 Å². The third-order valence-electron chi connectivity index (χ3n) is 4.10. The number of hydrogen-bond donors (Lipinski definition) is 2. The van der Waals surface area contributed by atoms with Crippen LogP contribution in [0.4, 0.5) is 0 Å². The van der Waals surface area contributed by atoms with Crippen LogP contribution >= 0.6 is 11.6 Å². The predicted molar refractivity (Wildman–Crippen MR) is 101 cm³/mol. The monoisotopic (exact) mass is 370 g/mol. The highest BCUT2D eigenvalue weighted by Crippen LogP contribution is 2.18. The van der Waals surface area contributed by atoms with Crippen LogP contribution in [-0.2, 0) is 27.3 Å². The topological polar surface area (TPSA) is 71.2 Å². The summed E-state index contributed by atoms with van der Waals surface area (Å²) >= 11 is 6.06. The molecule has 0 saturated heterocycles. The summed E-state index contributed by atoms with van der Waals surface area (Å²) in [6, 6.07) is 15.0. The van der Waals surface area contributed by atoms with E-state index in [4.69, 9.17) is 16.3 Å². The van der Waals surface area contributed by atoms with Crippen LogP contribution in [0, 0.1) is 0 Å². The molecule has 0 saturated carbocycles. The summed E-state index contributed by atoms with van der Waals surface area (Å²) in [5, 5.41) is 4.28. The molecule has 2 aromatic carbocycles. The molecule has 0 fully saturated rings. The van der Waals surface area contributed by atoms with E-state index in [-0.39, 0.29) is 18.9 Å². The van der Waals surface area contributed by atoms with E-state index in [9.17, 15) is 9.59 Å². The fourth-order valence-corrected chi connectivity index (χ4v) is 2.90. The Balaban J connectivity index is 1.53. The van der Waals surface area contributed by atoms with Crippen LogP contribution in [0.3, 0.4) is 0 Å². The second-order valence-electron chi connectivity index (χ2n) is 5.98. The Hall–Kier alpha value is -2.79. The number of hydrogen-bond acceptors (Lipinski definition) is 3. The van der Waals surface area contributed by atoms with E-state index < -0.39 is 12.1 Å². The number of H-pyrrole nitrogens is 1. The Morgan fingerprint density at radius 3 is 2.65 bits per heavy atom. The molecular formula is C20H19ClN2O3. The molecule has 0 aliphatic heterocycles. The molecule has 1 heterocycles. The van der Waals surface area contributed by atoms with Crippen LogP contribution in [0.15, 0.2) is 54.7 Å². The molecule has 0 aliphatic rings. The summed E-state index contributed by atoms with van der Waals surface area (Å²) in [6.07, 6.45) is 1.01. The number of ether oxygens (including phenoxy) is 1. The third-order valence-corrected chi connectivity index (χ3v) is 4.47. The number of benzene rings is 2. The van der Waals surface area contributed by atoms with E-state index in [1.54, 1.807) is 19.2 Å². The molecule has 1 aromatic heterocycles. The molecule has 26 heavy (non-hydrogen) atoms. The number of amides is 1. The van der Waals surface area contributed by atoms with Crippen LogP contribution in [-0.4, -0.2) is 23.0 Å². The summed E-state index contributed by atoms with van der Waals surface area (Å²) in [7, 11) is 0. The lowest BCUT2D eigenvalue weighted by Crippen LogP contribution is -2.35. The van der Waals surface area contributed by atoms with Gasteiger partial charge in [-0.1, -0.05) is 48.0 Å². The first-order chi connectivity index (χ1) is 12.5. The first-order valence-electron chi connectivity index (χ1n) is 8.30. The average Bonchev–Trinajstić information content (AvgIpc) is 3.03. The SMILES string of the molecule is CC(OC(=O)Cc1c[nH]c2ccccc12)C(=O)NCc1ccccc1Cl. The van der Waals surface area contributed by atoms with Crippen LogP contribution in [0.5, 0.6) is 0 Å².